The maximum atomic E-state index is 12.0. The van der Waals surface area contributed by atoms with Gasteiger partial charge in [-0.15, -0.1) is 10.2 Å². The van der Waals surface area contributed by atoms with Crippen LogP contribution in [0.15, 0.2) is 23.4 Å². The highest BCUT2D eigenvalue weighted by Crippen LogP contribution is 2.21. The number of nitrogens with zero attached hydrogens (tertiary/aromatic N) is 3. The number of nitrogens with two attached hydrogens (primary N) is 1. The fourth-order valence-corrected chi connectivity index (χ4v) is 2.83. The van der Waals surface area contributed by atoms with Crippen LogP contribution in [0.5, 0.6) is 0 Å². The quantitative estimate of drug-likeness (QED) is 0.728. The smallest absolute Gasteiger partial charge is 0.234 e. The number of anilines is 1. The molecule has 0 aliphatic heterocycles. The minimum Gasteiger partial charge on any atom is -0.370 e. The third-order valence-electron chi connectivity index (χ3n) is 3.31. The van der Waals surface area contributed by atoms with Crippen molar-refractivity contribution < 1.29 is 9.59 Å². The summed E-state index contributed by atoms with van der Waals surface area (Å²) >= 11 is 7.30. The van der Waals surface area contributed by atoms with Gasteiger partial charge in [-0.25, -0.2) is 0 Å². The van der Waals surface area contributed by atoms with Gasteiger partial charge >= 0.3 is 0 Å². The lowest BCUT2D eigenvalue weighted by Gasteiger charge is -2.07. The second-order valence-corrected chi connectivity index (χ2v) is 6.57. The first kappa shape index (κ1) is 18.3. The molecule has 1 aromatic heterocycles. The Labute approximate surface area is 149 Å². The SMILES string of the molecule is Cc1ccc(NC(=O)CSc2nnc(CCC(N)=O)n2C)cc1Cl. The molecule has 24 heavy (non-hydrogen) atoms. The fraction of sp³-hybridized carbons (Fsp3) is 0.333. The molecule has 0 atom stereocenters. The van der Waals surface area contributed by atoms with E-state index in [9.17, 15) is 9.59 Å². The van der Waals surface area contributed by atoms with Crippen molar-refractivity contribution in [3.63, 3.8) is 0 Å². The van der Waals surface area contributed by atoms with Crippen molar-refractivity contribution >= 4 is 40.9 Å². The molecule has 0 radical (unpaired) electrons. The lowest BCUT2D eigenvalue weighted by Crippen LogP contribution is -2.15. The van der Waals surface area contributed by atoms with E-state index in [0.29, 0.717) is 28.1 Å². The number of thioether (sulfide) groups is 1. The molecule has 2 aromatic rings. The zero-order chi connectivity index (χ0) is 17.7. The van der Waals surface area contributed by atoms with E-state index < -0.39 is 0 Å². The third-order valence-corrected chi connectivity index (χ3v) is 4.74. The van der Waals surface area contributed by atoms with Crippen molar-refractivity contribution in [3.05, 3.63) is 34.6 Å². The van der Waals surface area contributed by atoms with Gasteiger partial charge in [-0.2, -0.15) is 0 Å². The van der Waals surface area contributed by atoms with Crippen LogP contribution < -0.4 is 11.1 Å². The summed E-state index contributed by atoms with van der Waals surface area (Å²) in [4.78, 5) is 22.8. The predicted octanol–water partition coefficient (Wildman–Crippen LogP) is 1.93. The molecular formula is C15H18ClN5O2S. The number of amides is 2. The van der Waals surface area contributed by atoms with E-state index in [-0.39, 0.29) is 24.0 Å². The van der Waals surface area contributed by atoms with E-state index in [2.05, 4.69) is 15.5 Å². The molecular weight excluding hydrogens is 350 g/mol. The Bertz CT molecular complexity index is 762. The van der Waals surface area contributed by atoms with Crippen LogP contribution >= 0.6 is 23.4 Å². The second kappa shape index (κ2) is 8.16. The summed E-state index contributed by atoms with van der Waals surface area (Å²) in [5.41, 5.74) is 6.72. The maximum absolute atomic E-state index is 12.0. The van der Waals surface area contributed by atoms with Crippen LogP contribution in [0, 0.1) is 6.92 Å². The lowest BCUT2D eigenvalue weighted by molar-refractivity contribution is -0.118. The van der Waals surface area contributed by atoms with Crippen LogP contribution in [-0.4, -0.2) is 32.3 Å². The van der Waals surface area contributed by atoms with E-state index in [1.54, 1.807) is 23.7 Å². The molecule has 1 heterocycles. The average Bonchev–Trinajstić information content (AvgIpc) is 2.87. The first-order valence-corrected chi connectivity index (χ1v) is 8.58. The highest BCUT2D eigenvalue weighted by molar-refractivity contribution is 7.99. The molecule has 7 nitrogen and oxygen atoms in total. The zero-order valence-corrected chi connectivity index (χ0v) is 14.9. The van der Waals surface area contributed by atoms with Crippen LogP contribution in [0.4, 0.5) is 5.69 Å². The van der Waals surface area contributed by atoms with E-state index >= 15 is 0 Å². The number of carbonyl (C=O) groups excluding carboxylic acids is 2. The molecule has 0 unspecified atom stereocenters. The van der Waals surface area contributed by atoms with Gasteiger partial charge in [0.2, 0.25) is 11.8 Å². The molecule has 1 aromatic carbocycles. The molecule has 3 N–H and O–H groups in total. The Hall–Kier alpha value is -2.06. The summed E-state index contributed by atoms with van der Waals surface area (Å²) in [6.07, 6.45) is 0.638. The minimum atomic E-state index is -0.386. The molecule has 0 fully saturated rings. The first-order chi connectivity index (χ1) is 11.4. The van der Waals surface area contributed by atoms with Gasteiger partial charge in [-0.1, -0.05) is 29.4 Å². The van der Waals surface area contributed by atoms with Crippen LogP contribution in [0.25, 0.3) is 0 Å². The van der Waals surface area contributed by atoms with Gasteiger partial charge in [0.05, 0.1) is 5.75 Å². The average molecular weight is 368 g/mol. The Balaban J connectivity index is 1.89. The summed E-state index contributed by atoms with van der Waals surface area (Å²) in [6.45, 7) is 1.90. The number of primary amides is 1. The Kier molecular flexibility index (Phi) is 6.22. The standard InChI is InChI=1S/C15H18ClN5O2S/c1-9-3-4-10(7-11(9)16)18-14(23)8-24-15-20-19-13(21(15)2)6-5-12(17)22/h3-4,7H,5-6,8H2,1-2H3,(H2,17,22)(H,18,23). The van der Waals surface area contributed by atoms with E-state index in [4.69, 9.17) is 17.3 Å². The molecule has 128 valence electrons. The van der Waals surface area contributed by atoms with Crippen LogP contribution in [0.3, 0.4) is 0 Å². The Morgan fingerprint density at radius 1 is 1.38 bits per heavy atom. The van der Waals surface area contributed by atoms with Crippen molar-refractivity contribution in [1.82, 2.24) is 14.8 Å². The molecule has 0 bridgehead atoms. The summed E-state index contributed by atoms with van der Waals surface area (Å²) in [6, 6.07) is 5.36. The van der Waals surface area contributed by atoms with Gasteiger partial charge in [0, 0.05) is 30.6 Å². The van der Waals surface area contributed by atoms with Crippen molar-refractivity contribution in [2.75, 3.05) is 11.1 Å². The van der Waals surface area contributed by atoms with Crippen molar-refractivity contribution in [2.45, 2.75) is 24.9 Å². The Morgan fingerprint density at radius 3 is 2.79 bits per heavy atom. The first-order valence-electron chi connectivity index (χ1n) is 7.22. The molecule has 0 saturated heterocycles. The van der Waals surface area contributed by atoms with Gasteiger partial charge in [-0.3, -0.25) is 9.59 Å². The van der Waals surface area contributed by atoms with Gasteiger partial charge in [0.1, 0.15) is 5.82 Å². The monoisotopic (exact) mass is 367 g/mol. The molecule has 9 heteroatoms. The number of halogens is 1. The third kappa shape index (κ3) is 4.97. The van der Waals surface area contributed by atoms with E-state index in [1.807, 2.05) is 13.0 Å². The van der Waals surface area contributed by atoms with Crippen LogP contribution in [-0.2, 0) is 23.1 Å². The fourth-order valence-electron chi connectivity index (χ4n) is 1.92. The molecule has 2 amide bonds. The zero-order valence-electron chi connectivity index (χ0n) is 13.4. The number of rotatable bonds is 7. The van der Waals surface area contributed by atoms with Gasteiger partial charge < -0.3 is 15.6 Å². The summed E-state index contributed by atoms with van der Waals surface area (Å²) in [5, 5.41) is 12.0. The minimum absolute atomic E-state index is 0.165. The normalized spacial score (nSPS) is 10.6. The van der Waals surface area contributed by atoms with Crippen LogP contribution in [0.2, 0.25) is 5.02 Å². The summed E-state index contributed by atoms with van der Waals surface area (Å²) in [5.74, 6) is 0.291. The largest absolute Gasteiger partial charge is 0.370 e. The topological polar surface area (TPSA) is 103 Å². The van der Waals surface area contributed by atoms with Crippen molar-refractivity contribution in [1.29, 1.82) is 0 Å². The highest BCUT2D eigenvalue weighted by Gasteiger charge is 2.12. The highest BCUT2D eigenvalue weighted by atomic mass is 35.5. The number of nitrogens with one attached hydrogen (secondary N) is 1. The Morgan fingerprint density at radius 2 is 2.12 bits per heavy atom. The maximum Gasteiger partial charge on any atom is 0.234 e. The predicted molar refractivity (Wildman–Crippen MR) is 94.1 cm³/mol. The molecule has 0 saturated carbocycles. The van der Waals surface area contributed by atoms with Crippen LogP contribution in [0.1, 0.15) is 17.8 Å². The number of hydrogen-bond donors (Lipinski definition) is 2. The van der Waals surface area contributed by atoms with E-state index in [1.165, 1.54) is 11.8 Å². The second-order valence-electron chi connectivity index (χ2n) is 5.22. The van der Waals surface area contributed by atoms with Gasteiger partial charge in [0.25, 0.3) is 0 Å². The van der Waals surface area contributed by atoms with Crippen molar-refractivity contribution in [2.24, 2.45) is 12.8 Å². The van der Waals surface area contributed by atoms with Crippen molar-refractivity contribution in [3.8, 4) is 0 Å². The molecule has 0 spiro atoms. The van der Waals surface area contributed by atoms with Gasteiger partial charge in [-0.05, 0) is 24.6 Å². The number of aromatic nitrogens is 3. The lowest BCUT2D eigenvalue weighted by atomic mass is 10.2. The number of benzene rings is 1. The number of hydrogen-bond acceptors (Lipinski definition) is 5. The summed E-state index contributed by atoms with van der Waals surface area (Å²) < 4.78 is 1.75. The number of carbonyl (C=O) groups is 2. The number of aryl methyl sites for hydroxylation is 2. The summed E-state index contributed by atoms with van der Waals surface area (Å²) in [7, 11) is 1.79. The van der Waals surface area contributed by atoms with Gasteiger partial charge in [0.15, 0.2) is 5.16 Å². The molecule has 0 aliphatic carbocycles. The molecule has 2 rings (SSSR count). The molecule has 0 aliphatic rings. The van der Waals surface area contributed by atoms with E-state index in [0.717, 1.165) is 5.56 Å².